The van der Waals surface area contributed by atoms with E-state index in [9.17, 15) is 0 Å². The van der Waals surface area contributed by atoms with Crippen molar-refractivity contribution in [3.8, 4) is 0 Å². The van der Waals surface area contributed by atoms with Crippen LogP contribution in [-0.2, 0) is 0 Å². The van der Waals surface area contributed by atoms with Crippen LogP contribution in [-0.4, -0.2) is 36.5 Å². The third-order valence-corrected chi connectivity index (χ3v) is 4.81. The first-order chi connectivity index (χ1) is 6.70. The molecule has 1 heterocycles. The first-order valence-corrected chi connectivity index (χ1v) is 7.28. The van der Waals surface area contributed by atoms with E-state index < -0.39 is 0 Å². The molecule has 0 aliphatic carbocycles. The van der Waals surface area contributed by atoms with Crippen LogP contribution in [0.2, 0.25) is 0 Å². The van der Waals surface area contributed by atoms with Gasteiger partial charge in [-0.15, -0.1) is 0 Å². The van der Waals surface area contributed by atoms with Gasteiger partial charge in [-0.25, -0.2) is 0 Å². The van der Waals surface area contributed by atoms with Gasteiger partial charge in [0.25, 0.3) is 0 Å². The minimum atomic E-state index is 0.598. The molecule has 1 aliphatic heterocycles. The van der Waals surface area contributed by atoms with Crippen molar-refractivity contribution in [2.24, 2.45) is 5.41 Å². The maximum atomic E-state index is 2.59. The molecule has 0 aromatic heterocycles. The highest BCUT2D eigenvalue weighted by atomic mass is 32.2. The maximum Gasteiger partial charge on any atom is 0.0154 e. The second-order valence-electron chi connectivity index (χ2n) is 4.66. The minimum Gasteiger partial charge on any atom is -0.303 e. The summed E-state index contributed by atoms with van der Waals surface area (Å²) in [7, 11) is 2.30. The molecule has 1 saturated heterocycles. The van der Waals surface area contributed by atoms with Crippen molar-refractivity contribution in [1.29, 1.82) is 0 Å². The second-order valence-corrected chi connectivity index (χ2v) is 5.52. The largest absolute Gasteiger partial charge is 0.303 e. The average molecular weight is 215 g/mol. The van der Waals surface area contributed by atoms with Crippen LogP contribution in [0.3, 0.4) is 0 Å². The van der Waals surface area contributed by atoms with E-state index in [4.69, 9.17) is 0 Å². The SMILES string of the molecule is CCC1N(C)CCCC1(CC)CSC. The van der Waals surface area contributed by atoms with E-state index in [0.717, 1.165) is 6.04 Å². The van der Waals surface area contributed by atoms with Gasteiger partial charge in [-0.3, -0.25) is 0 Å². The Kier molecular flexibility index (Phi) is 4.78. The zero-order valence-corrected chi connectivity index (χ0v) is 11.0. The Balaban J connectivity index is 2.77. The molecule has 2 unspecified atom stereocenters. The summed E-state index contributed by atoms with van der Waals surface area (Å²) in [5, 5.41) is 0. The zero-order valence-electron chi connectivity index (χ0n) is 10.2. The van der Waals surface area contributed by atoms with Crippen molar-refractivity contribution in [2.75, 3.05) is 25.6 Å². The summed E-state index contributed by atoms with van der Waals surface area (Å²) in [5.41, 5.74) is 0.598. The van der Waals surface area contributed by atoms with Gasteiger partial charge < -0.3 is 4.90 Å². The van der Waals surface area contributed by atoms with Gasteiger partial charge in [-0.2, -0.15) is 11.8 Å². The quantitative estimate of drug-likeness (QED) is 0.708. The molecule has 0 aromatic carbocycles. The van der Waals surface area contributed by atoms with Crippen molar-refractivity contribution < 1.29 is 0 Å². The molecule has 0 spiro atoms. The minimum absolute atomic E-state index is 0.598. The Morgan fingerprint density at radius 3 is 2.64 bits per heavy atom. The van der Waals surface area contributed by atoms with Gasteiger partial charge in [0.05, 0.1) is 0 Å². The van der Waals surface area contributed by atoms with E-state index in [1.807, 2.05) is 11.8 Å². The number of nitrogens with zero attached hydrogens (tertiary/aromatic N) is 1. The van der Waals surface area contributed by atoms with Crippen LogP contribution in [0.4, 0.5) is 0 Å². The zero-order chi connectivity index (χ0) is 10.6. The molecule has 84 valence electrons. The fourth-order valence-corrected chi connectivity index (χ4v) is 4.30. The molecule has 2 atom stereocenters. The van der Waals surface area contributed by atoms with Gasteiger partial charge in [0.1, 0.15) is 0 Å². The van der Waals surface area contributed by atoms with Gasteiger partial charge in [0.2, 0.25) is 0 Å². The van der Waals surface area contributed by atoms with Crippen LogP contribution in [0.15, 0.2) is 0 Å². The number of likely N-dealkylation sites (tertiary alicyclic amines) is 1. The molecule has 14 heavy (non-hydrogen) atoms. The van der Waals surface area contributed by atoms with Gasteiger partial charge in [-0.1, -0.05) is 13.8 Å². The number of hydrogen-bond acceptors (Lipinski definition) is 2. The number of rotatable bonds is 4. The monoisotopic (exact) mass is 215 g/mol. The predicted molar refractivity (Wildman–Crippen MR) is 67.0 cm³/mol. The van der Waals surface area contributed by atoms with E-state index in [1.54, 1.807) is 0 Å². The molecule has 0 bridgehead atoms. The molecule has 1 nitrogen and oxygen atoms in total. The molecule has 0 amide bonds. The van der Waals surface area contributed by atoms with E-state index in [1.165, 1.54) is 38.0 Å². The third kappa shape index (κ3) is 2.27. The summed E-state index contributed by atoms with van der Waals surface area (Å²) in [6.07, 6.45) is 7.73. The van der Waals surface area contributed by atoms with Crippen molar-refractivity contribution >= 4 is 11.8 Å². The predicted octanol–water partition coefficient (Wildman–Crippen LogP) is 3.25. The smallest absolute Gasteiger partial charge is 0.0154 e. The van der Waals surface area contributed by atoms with Crippen molar-refractivity contribution in [3.63, 3.8) is 0 Å². The number of thioether (sulfide) groups is 1. The first-order valence-electron chi connectivity index (χ1n) is 5.89. The molecule has 0 radical (unpaired) electrons. The number of hydrogen-bond donors (Lipinski definition) is 0. The average Bonchev–Trinajstić information content (AvgIpc) is 2.18. The van der Waals surface area contributed by atoms with Gasteiger partial charge in [0, 0.05) is 11.8 Å². The van der Waals surface area contributed by atoms with Crippen LogP contribution >= 0.6 is 11.8 Å². The fraction of sp³-hybridized carbons (Fsp3) is 1.00. The van der Waals surface area contributed by atoms with Crippen LogP contribution in [0.5, 0.6) is 0 Å². The van der Waals surface area contributed by atoms with E-state index in [-0.39, 0.29) is 0 Å². The third-order valence-electron chi connectivity index (χ3n) is 3.95. The van der Waals surface area contributed by atoms with Crippen LogP contribution in [0.1, 0.15) is 39.5 Å². The Bertz CT molecular complexity index is 168. The van der Waals surface area contributed by atoms with Gasteiger partial charge >= 0.3 is 0 Å². The normalized spacial score (nSPS) is 34.7. The molecule has 0 aromatic rings. The lowest BCUT2D eigenvalue weighted by molar-refractivity contribution is 0.0423. The lowest BCUT2D eigenvalue weighted by Gasteiger charge is -2.48. The summed E-state index contributed by atoms with van der Waals surface area (Å²) >= 11 is 2.03. The molecular weight excluding hydrogens is 190 g/mol. The van der Waals surface area contributed by atoms with Gasteiger partial charge in [-0.05, 0) is 50.9 Å². The molecule has 1 rings (SSSR count). The summed E-state index contributed by atoms with van der Waals surface area (Å²) in [6, 6.07) is 0.814. The summed E-state index contributed by atoms with van der Waals surface area (Å²) in [4.78, 5) is 2.59. The Hall–Kier alpha value is 0.310. The molecular formula is C12H25NS. The van der Waals surface area contributed by atoms with Crippen molar-refractivity contribution in [1.82, 2.24) is 4.90 Å². The molecule has 1 aliphatic rings. The number of piperidine rings is 1. The summed E-state index contributed by atoms with van der Waals surface area (Å²) in [6.45, 7) is 6.02. The van der Waals surface area contributed by atoms with Crippen molar-refractivity contribution in [2.45, 2.75) is 45.6 Å². The summed E-state index contributed by atoms with van der Waals surface area (Å²) in [5.74, 6) is 1.34. The highest BCUT2D eigenvalue weighted by Crippen LogP contribution is 2.41. The highest BCUT2D eigenvalue weighted by molar-refractivity contribution is 7.98. The molecule has 2 heteroatoms. The lowest BCUT2D eigenvalue weighted by Crippen LogP contribution is -2.51. The first kappa shape index (κ1) is 12.4. The molecule has 1 fully saturated rings. The standard InChI is InChI=1S/C12H25NS/c1-5-11-12(6-2,10-14-4)8-7-9-13(11)3/h11H,5-10H2,1-4H3. The van der Waals surface area contributed by atoms with E-state index >= 15 is 0 Å². The van der Waals surface area contributed by atoms with Crippen LogP contribution < -0.4 is 0 Å². The van der Waals surface area contributed by atoms with Gasteiger partial charge in [0.15, 0.2) is 0 Å². The lowest BCUT2D eigenvalue weighted by atomic mass is 9.71. The highest BCUT2D eigenvalue weighted by Gasteiger charge is 2.40. The Morgan fingerprint density at radius 1 is 1.43 bits per heavy atom. The summed E-state index contributed by atoms with van der Waals surface area (Å²) < 4.78 is 0. The van der Waals surface area contributed by atoms with Crippen LogP contribution in [0.25, 0.3) is 0 Å². The van der Waals surface area contributed by atoms with Crippen LogP contribution in [0, 0.1) is 5.41 Å². The molecule has 0 N–H and O–H groups in total. The topological polar surface area (TPSA) is 3.24 Å². The Labute approximate surface area is 93.6 Å². The van der Waals surface area contributed by atoms with E-state index in [0.29, 0.717) is 5.41 Å². The molecule has 0 saturated carbocycles. The van der Waals surface area contributed by atoms with Crippen molar-refractivity contribution in [3.05, 3.63) is 0 Å². The maximum absolute atomic E-state index is 2.59. The Morgan fingerprint density at radius 2 is 2.14 bits per heavy atom. The second kappa shape index (κ2) is 5.41. The fourth-order valence-electron chi connectivity index (χ4n) is 3.19. The van der Waals surface area contributed by atoms with E-state index in [2.05, 4.69) is 32.1 Å².